The van der Waals surface area contributed by atoms with Crippen molar-refractivity contribution in [3.05, 3.63) is 65.2 Å². The highest BCUT2D eigenvalue weighted by molar-refractivity contribution is 6.01. The van der Waals surface area contributed by atoms with E-state index in [4.69, 9.17) is 9.47 Å². The Morgan fingerprint density at radius 2 is 1.90 bits per heavy atom. The number of amides is 1. The topological polar surface area (TPSA) is 71.3 Å². The van der Waals surface area contributed by atoms with Gasteiger partial charge in [0.15, 0.2) is 11.5 Å². The van der Waals surface area contributed by atoms with Crippen molar-refractivity contribution in [2.45, 2.75) is 44.8 Å². The summed E-state index contributed by atoms with van der Waals surface area (Å²) in [5.41, 5.74) is 1.87. The highest BCUT2D eigenvalue weighted by atomic mass is 16.5. The molecule has 5 heteroatoms. The molecule has 2 aromatic carbocycles. The van der Waals surface area contributed by atoms with E-state index in [1.165, 1.54) is 6.42 Å². The van der Waals surface area contributed by atoms with Gasteiger partial charge in [-0.2, -0.15) is 5.26 Å². The van der Waals surface area contributed by atoms with Crippen molar-refractivity contribution in [2.75, 3.05) is 7.11 Å². The molecule has 0 aromatic heterocycles. The van der Waals surface area contributed by atoms with Crippen LogP contribution < -0.4 is 14.8 Å². The lowest BCUT2D eigenvalue weighted by Crippen LogP contribution is -2.36. The molecule has 0 radical (unpaired) electrons. The van der Waals surface area contributed by atoms with Gasteiger partial charge >= 0.3 is 0 Å². The van der Waals surface area contributed by atoms with Crippen molar-refractivity contribution in [1.29, 1.82) is 5.26 Å². The van der Waals surface area contributed by atoms with Crippen LogP contribution >= 0.6 is 0 Å². The van der Waals surface area contributed by atoms with E-state index in [2.05, 4.69) is 5.32 Å². The van der Waals surface area contributed by atoms with E-state index in [1.807, 2.05) is 42.5 Å². The molecule has 5 nitrogen and oxygen atoms in total. The van der Waals surface area contributed by atoms with Crippen LogP contribution in [0, 0.1) is 11.3 Å². The first-order valence-electron chi connectivity index (χ1n) is 9.97. The molecule has 1 N–H and O–H groups in total. The number of methoxy groups -OCH3 is 1. The molecule has 1 saturated carbocycles. The second kappa shape index (κ2) is 10.3. The van der Waals surface area contributed by atoms with Gasteiger partial charge in [-0.1, -0.05) is 55.7 Å². The molecule has 1 aliphatic carbocycles. The predicted octanol–water partition coefficient (Wildman–Crippen LogP) is 4.63. The van der Waals surface area contributed by atoms with Crippen LogP contribution in [0.25, 0.3) is 6.08 Å². The molecule has 0 aliphatic heterocycles. The van der Waals surface area contributed by atoms with E-state index in [0.29, 0.717) is 23.7 Å². The molecule has 0 spiro atoms. The Labute approximate surface area is 172 Å². The molecule has 0 unspecified atom stereocenters. The summed E-state index contributed by atoms with van der Waals surface area (Å²) < 4.78 is 11.3. The number of hydrogen-bond acceptors (Lipinski definition) is 4. The smallest absolute Gasteiger partial charge is 0.262 e. The van der Waals surface area contributed by atoms with Crippen LogP contribution in [0.3, 0.4) is 0 Å². The largest absolute Gasteiger partial charge is 0.493 e. The minimum Gasteiger partial charge on any atom is -0.493 e. The molecule has 1 amide bonds. The van der Waals surface area contributed by atoms with E-state index in [9.17, 15) is 10.1 Å². The maximum atomic E-state index is 12.5. The lowest BCUT2D eigenvalue weighted by atomic mass is 9.95. The van der Waals surface area contributed by atoms with Gasteiger partial charge < -0.3 is 14.8 Å². The molecule has 0 atom stereocenters. The molecule has 1 fully saturated rings. The number of nitrogens with zero attached hydrogens (tertiary/aromatic N) is 1. The minimum absolute atomic E-state index is 0.0931. The van der Waals surface area contributed by atoms with Crippen LogP contribution in [-0.4, -0.2) is 19.1 Å². The van der Waals surface area contributed by atoms with Crippen LogP contribution in [0.1, 0.15) is 43.2 Å². The number of ether oxygens (including phenoxy) is 2. The van der Waals surface area contributed by atoms with Crippen LogP contribution in [0.4, 0.5) is 0 Å². The number of nitriles is 1. The molecule has 0 saturated heterocycles. The summed E-state index contributed by atoms with van der Waals surface area (Å²) in [5.74, 6) is 0.848. The van der Waals surface area contributed by atoms with Crippen molar-refractivity contribution in [3.63, 3.8) is 0 Å². The molecule has 0 bridgehead atoms. The highest BCUT2D eigenvalue weighted by Crippen LogP contribution is 2.29. The van der Waals surface area contributed by atoms with Gasteiger partial charge in [-0.25, -0.2) is 0 Å². The third-order valence-electron chi connectivity index (χ3n) is 5.04. The summed E-state index contributed by atoms with van der Waals surface area (Å²) >= 11 is 0. The molecular formula is C24H26N2O3. The van der Waals surface area contributed by atoms with Gasteiger partial charge in [-0.3, -0.25) is 4.79 Å². The third-order valence-corrected chi connectivity index (χ3v) is 5.04. The van der Waals surface area contributed by atoms with Crippen LogP contribution in [0.5, 0.6) is 11.5 Å². The average molecular weight is 390 g/mol. The van der Waals surface area contributed by atoms with Gasteiger partial charge in [0.25, 0.3) is 5.91 Å². The van der Waals surface area contributed by atoms with Crippen molar-refractivity contribution < 1.29 is 14.3 Å². The Morgan fingerprint density at radius 1 is 1.14 bits per heavy atom. The Morgan fingerprint density at radius 3 is 2.59 bits per heavy atom. The lowest BCUT2D eigenvalue weighted by molar-refractivity contribution is -0.117. The number of carbonyl (C=O) groups excluding carboxylic acids is 1. The average Bonchev–Trinajstić information content (AvgIpc) is 2.77. The Bertz CT molecular complexity index is 894. The summed E-state index contributed by atoms with van der Waals surface area (Å²) in [5, 5.41) is 12.4. The quantitative estimate of drug-likeness (QED) is 0.553. The highest BCUT2D eigenvalue weighted by Gasteiger charge is 2.18. The normalized spacial score (nSPS) is 14.7. The first-order chi connectivity index (χ1) is 14.2. The molecular weight excluding hydrogens is 364 g/mol. The van der Waals surface area contributed by atoms with Gasteiger partial charge in [0.05, 0.1) is 7.11 Å². The molecule has 3 rings (SSSR count). The summed E-state index contributed by atoms with van der Waals surface area (Å²) in [7, 11) is 1.57. The standard InChI is InChI=1S/C24H26N2O3/c1-28-23-15-19(12-13-22(23)29-17-18-8-4-2-5-9-18)14-20(16-25)24(27)26-21-10-6-3-7-11-21/h2,4-5,8-9,12-15,21H,3,6-7,10-11,17H2,1H3,(H,26,27)/b20-14-. The van der Waals surface area contributed by atoms with Crippen molar-refractivity contribution in [2.24, 2.45) is 0 Å². The summed E-state index contributed by atoms with van der Waals surface area (Å²) in [6, 6.07) is 17.4. The van der Waals surface area contributed by atoms with Gasteiger partial charge in [0.2, 0.25) is 0 Å². The molecule has 1 aliphatic rings. The monoisotopic (exact) mass is 390 g/mol. The van der Waals surface area contributed by atoms with E-state index in [-0.39, 0.29) is 17.5 Å². The second-order valence-electron chi connectivity index (χ2n) is 7.16. The molecule has 29 heavy (non-hydrogen) atoms. The van der Waals surface area contributed by atoms with E-state index < -0.39 is 0 Å². The number of rotatable bonds is 7. The summed E-state index contributed by atoms with van der Waals surface area (Å²) in [4.78, 5) is 12.5. The number of hydrogen-bond donors (Lipinski definition) is 1. The van der Waals surface area contributed by atoms with Crippen molar-refractivity contribution in [1.82, 2.24) is 5.32 Å². The fourth-order valence-electron chi connectivity index (χ4n) is 3.45. The van der Waals surface area contributed by atoms with Gasteiger partial charge in [-0.05, 0) is 42.2 Å². The van der Waals surface area contributed by atoms with Crippen LogP contribution in [0.2, 0.25) is 0 Å². The summed E-state index contributed by atoms with van der Waals surface area (Å²) in [6.45, 7) is 0.430. The molecule has 0 heterocycles. The zero-order chi connectivity index (χ0) is 20.5. The third kappa shape index (κ3) is 5.86. The SMILES string of the molecule is COc1cc(/C=C(/C#N)C(=O)NC2CCCCC2)ccc1OCc1ccccc1. The number of benzene rings is 2. The second-order valence-corrected chi connectivity index (χ2v) is 7.16. The van der Waals surface area contributed by atoms with E-state index >= 15 is 0 Å². The molecule has 2 aromatic rings. The zero-order valence-corrected chi connectivity index (χ0v) is 16.7. The van der Waals surface area contributed by atoms with E-state index in [1.54, 1.807) is 25.3 Å². The van der Waals surface area contributed by atoms with Crippen molar-refractivity contribution in [3.8, 4) is 17.6 Å². The fourth-order valence-corrected chi connectivity index (χ4v) is 3.45. The van der Waals surface area contributed by atoms with E-state index in [0.717, 1.165) is 31.2 Å². The van der Waals surface area contributed by atoms with Crippen molar-refractivity contribution >= 4 is 12.0 Å². The van der Waals surface area contributed by atoms with Gasteiger partial charge in [0, 0.05) is 6.04 Å². The maximum Gasteiger partial charge on any atom is 0.262 e. The van der Waals surface area contributed by atoms with Crippen LogP contribution in [0.15, 0.2) is 54.1 Å². The van der Waals surface area contributed by atoms with Crippen LogP contribution in [-0.2, 0) is 11.4 Å². The number of carbonyl (C=O) groups is 1. The zero-order valence-electron chi connectivity index (χ0n) is 16.7. The summed E-state index contributed by atoms with van der Waals surface area (Å²) in [6.07, 6.45) is 7.00. The Hall–Kier alpha value is -3.26. The van der Waals surface area contributed by atoms with Gasteiger partial charge in [-0.15, -0.1) is 0 Å². The Balaban J connectivity index is 1.70. The first kappa shape index (κ1) is 20.5. The van der Waals surface area contributed by atoms with Gasteiger partial charge in [0.1, 0.15) is 18.2 Å². The molecule has 150 valence electrons. The first-order valence-corrected chi connectivity index (χ1v) is 9.97. The predicted molar refractivity (Wildman–Crippen MR) is 112 cm³/mol. The fraction of sp³-hybridized carbons (Fsp3) is 0.333. The number of nitrogens with one attached hydrogen (secondary N) is 1. The lowest BCUT2D eigenvalue weighted by Gasteiger charge is -2.22. The minimum atomic E-state index is -0.317. The Kier molecular flexibility index (Phi) is 7.29. The maximum absolute atomic E-state index is 12.5.